The van der Waals surface area contributed by atoms with Crippen LogP contribution in [0.2, 0.25) is 0 Å². The summed E-state index contributed by atoms with van der Waals surface area (Å²) in [6.07, 6.45) is 36.2. The Bertz CT molecular complexity index is 987. The van der Waals surface area contributed by atoms with Crippen LogP contribution in [-0.2, 0) is 32.9 Å². The second-order valence-electron chi connectivity index (χ2n) is 14.1. The number of epoxide rings is 1. The molecule has 1 rings (SSSR count). The van der Waals surface area contributed by atoms with Crippen molar-refractivity contribution in [1.82, 2.24) is 0 Å². The van der Waals surface area contributed by atoms with Gasteiger partial charge in [0.1, 0.15) is 6.61 Å². The van der Waals surface area contributed by atoms with Crippen LogP contribution in [0.5, 0.6) is 0 Å². The fourth-order valence-corrected chi connectivity index (χ4v) is 6.01. The molecule has 1 saturated heterocycles. The highest BCUT2D eigenvalue weighted by Gasteiger charge is 2.36. The molecule has 1 heterocycles. The van der Waals surface area contributed by atoms with E-state index < -0.39 is 32.5 Å². The normalized spacial score (nSPS) is 17.0. The van der Waals surface area contributed by atoms with Crippen molar-refractivity contribution in [2.24, 2.45) is 5.92 Å². The van der Waals surface area contributed by atoms with Crippen LogP contribution < -0.4 is 0 Å². The molecule has 290 valence electrons. The first-order valence-corrected chi connectivity index (χ1v) is 21.3. The minimum atomic E-state index is -4.77. The predicted molar refractivity (Wildman–Crippen MR) is 202 cm³/mol. The molecule has 0 spiro atoms. The van der Waals surface area contributed by atoms with E-state index >= 15 is 0 Å². The van der Waals surface area contributed by atoms with Crippen LogP contribution in [0.1, 0.15) is 168 Å². The number of phosphoric acid groups is 1. The molecule has 0 aromatic heterocycles. The molecule has 0 amide bonds. The number of rotatable bonds is 34. The second-order valence-corrected chi connectivity index (χ2v) is 15.4. The number of allylic oxidation sites excluding steroid dienone is 4. The lowest BCUT2D eigenvalue weighted by Crippen LogP contribution is -2.29. The summed E-state index contributed by atoms with van der Waals surface area (Å²) in [7, 11) is -4.77. The number of esters is 2. The van der Waals surface area contributed by atoms with E-state index in [0.29, 0.717) is 25.0 Å². The lowest BCUT2D eigenvalue weighted by Gasteiger charge is -2.18. The van der Waals surface area contributed by atoms with Crippen LogP contribution in [0.3, 0.4) is 0 Å². The average molecular weight is 727 g/mol. The molecule has 0 radical (unpaired) electrons. The van der Waals surface area contributed by atoms with Gasteiger partial charge in [0.25, 0.3) is 0 Å². The summed E-state index contributed by atoms with van der Waals surface area (Å²) >= 11 is 0. The first-order valence-electron chi connectivity index (χ1n) is 19.8. The van der Waals surface area contributed by atoms with E-state index in [-0.39, 0.29) is 19.4 Å². The SMILES string of the molecule is CCCCC/C=C\CC1OC1C/C=C\C/C=C\CCCC(=O)OC[C@H](COP(=O)(O)O)OC(=O)CCCCCCCCCCCCCC(C)C. The van der Waals surface area contributed by atoms with Crippen LogP contribution in [0, 0.1) is 5.92 Å². The Hall–Kier alpha value is -1.77. The molecule has 1 aliphatic rings. The van der Waals surface area contributed by atoms with Gasteiger partial charge in [-0.25, -0.2) is 4.57 Å². The Balaban J connectivity index is 2.12. The topological polar surface area (TPSA) is 132 Å². The first kappa shape index (κ1) is 46.3. The van der Waals surface area contributed by atoms with Crippen LogP contribution in [-0.4, -0.2) is 53.3 Å². The molecule has 0 saturated carbocycles. The molecule has 0 aromatic carbocycles. The maximum atomic E-state index is 12.4. The molecule has 2 N–H and O–H groups in total. The van der Waals surface area contributed by atoms with Gasteiger partial charge in [-0.3, -0.25) is 14.1 Å². The number of unbranched alkanes of at least 4 members (excludes halogenated alkanes) is 14. The number of carbonyl (C=O) groups is 2. The van der Waals surface area contributed by atoms with Crippen molar-refractivity contribution in [2.45, 2.75) is 187 Å². The van der Waals surface area contributed by atoms with Crippen molar-refractivity contribution < 1.29 is 42.7 Å². The van der Waals surface area contributed by atoms with E-state index in [1.165, 1.54) is 70.6 Å². The molecule has 2 unspecified atom stereocenters. The third kappa shape index (κ3) is 31.0. The summed E-state index contributed by atoms with van der Waals surface area (Å²) in [6, 6.07) is 0. The first-order chi connectivity index (χ1) is 24.1. The van der Waals surface area contributed by atoms with E-state index in [0.717, 1.165) is 57.3 Å². The van der Waals surface area contributed by atoms with Crippen molar-refractivity contribution in [1.29, 1.82) is 0 Å². The molecule has 1 fully saturated rings. The highest BCUT2D eigenvalue weighted by atomic mass is 31.2. The molecule has 3 atom stereocenters. The van der Waals surface area contributed by atoms with Crippen molar-refractivity contribution in [3.8, 4) is 0 Å². The van der Waals surface area contributed by atoms with Crippen molar-refractivity contribution >= 4 is 19.8 Å². The number of carbonyl (C=O) groups excluding carboxylic acids is 2. The monoisotopic (exact) mass is 726 g/mol. The number of hydrogen-bond donors (Lipinski definition) is 2. The largest absolute Gasteiger partial charge is 0.469 e. The molecule has 1 aliphatic heterocycles. The third-order valence-corrected chi connectivity index (χ3v) is 9.23. The van der Waals surface area contributed by atoms with Gasteiger partial charge in [-0.2, -0.15) is 0 Å². The van der Waals surface area contributed by atoms with Gasteiger partial charge >= 0.3 is 19.8 Å². The molecule has 0 bridgehead atoms. The number of ether oxygens (including phenoxy) is 3. The molecule has 50 heavy (non-hydrogen) atoms. The lowest BCUT2D eigenvalue weighted by molar-refractivity contribution is -0.161. The zero-order valence-corrected chi connectivity index (χ0v) is 32.5. The van der Waals surface area contributed by atoms with Crippen molar-refractivity contribution in [2.75, 3.05) is 13.2 Å². The Morgan fingerprint density at radius 2 is 1.22 bits per heavy atom. The van der Waals surface area contributed by atoms with E-state index in [1.54, 1.807) is 0 Å². The Kier molecular flexibility index (Phi) is 28.5. The predicted octanol–water partition coefficient (Wildman–Crippen LogP) is 10.6. The fourth-order valence-electron chi connectivity index (χ4n) is 5.65. The summed E-state index contributed by atoms with van der Waals surface area (Å²) in [4.78, 5) is 42.8. The van der Waals surface area contributed by atoms with Crippen LogP contribution >= 0.6 is 7.82 Å². The second kappa shape index (κ2) is 30.8. The van der Waals surface area contributed by atoms with Gasteiger partial charge in [-0.05, 0) is 57.3 Å². The van der Waals surface area contributed by atoms with Gasteiger partial charge in [-0.15, -0.1) is 0 Å². The summed E-state index contributed by atoms with van der Waals surface area (Å²) in [5.41, 5.74) is 0. The zero-order valence-electron chi connectivity index (χ0n) is 31.7. The summed E-state index contributed by atoms with van der Waals surface area (Å²) in [6.45, 7) is 5.91. The summed E-state index contributed by atoms with van der Waals surface area (Å²) in [5.74, 6) is -0.153. The third-order valence-electron chi connectivity index (χ3n) is 8.74. The fraction of sp³-hybridized carbons (Fsp3) is 0.800. The maximum Gasteiger partial charge on any atom is 0.469 e. The molecule has 9 nitrogen and oxygen atoms in total. The highest BCUT2D eigenvalue weighted by molar-refractivity contribution is 7.46. The summed E-state index contributed by atoms with van der Waals surface area (Å²) in [5, 5.41) is 0. The standard InChI is InChI=1S/C40H71O9P/c1-4-5-6-7-19-24-29-37-38(49-37)30-25-20-15-13-17-21-26-31-39(41)46-33-36(34-47-50(43,44)45)48-40(42)32-27-22-16-12-10-8-9-11-14-18-23-28-35(2)3/h13,17,19-20,24-25,35-38H,4-12,14-16,18,21-23,26-34H2,1-3H3,(H2,43,44,45)/b17-13-,24-19-,25-20-/t36-,37?,38?/m1/s1. The van der Waals surface area contributed by atoms with Gasteiger partial charge in [-0.1, -0.05) is 141 Å². The number of phosphoric ester groups is 1. The van der Waals surface area contributed by atoms with Gasteiger partial charge in [0, 0.05) is 12.8 Å². The van der Waals surface area contributed by atoms with E-state index in [1.807, 2.05) is 6.08 Å². The average Bonchev–Trinajstić information content (AvgIpc) is 3.82. The van der Waals surface area contributed by atoms with Crippen molar-refractivity contribution in [3.63, 3.8) is 0 Å². The molecular weight excluding hydrogens is 655 g/mol. The van der Waals surface area contributed by atoms with Crippen LogP contribution in [0.25, 0.3) is 0 Å². The Labute approximate surface area is 304 Å². The van der Waals surface area contributed by atoms with Gasteiger partial charge in [0.15, 0.2) is 6.10 Å². The number of hydrogen-bond acceptors (Lipinski definition) is 7. The quantitative estimate of drug-likeness (QED) is 0.0219. The zero-order chi connectivity index (χ0) is 36.7. The lowest BCUT2D eigenvalue weighted by atomic mass is 10.0. The van der Waals surface area contributed by atoms with Crippen LogP contribution in [0.15, 0.2) is 36.5 Å². The van der Waals surface area contributed by atoms with Gasteiger partial charge < -0.3 is 24.0 Å². The highest BCUT2D eigenvalue weighted by Crippen LogP contribution is 2.36. The minimum absolute atomic E-state index is 0.186. The van der Waals surface area contributed by atoms with E-state index in [9.17, 15) is 14.2 Å². The molecule has 10 heteroatoms. The minimum Gasteiger partial charge on any atom is -0.462 e. The molecule has 0 aliphatic carbocycles. The maximum absolute atomic E-state index is 12.4. The Morgan fingerprint density at radius 1 is 0.680 bits per heavy atom. The van der Waals surface area contributed by atoms with Crippen molar-refractivity contribution in [3.05, 3.63) is 36.5 Å². The smallest absolute Gasteiger partial charge is 0.462 e. The van der Waals surface area contributed by atoms with Gasteiger partial charge in [0.05, 0.1) is 18.8 Å². The van der Waals surface area contributed by atoms with Gasteiger partial charge in [0.2, 0.25) is 0 Å². The Morgan fingerprint density at radius 3 is 1.84 bits per heavy atom. The van der Waals surface area contributed by atoms with Crippen LogP contribution in [0.4, 0.5) is 0 Å². The molecular formula is C40H71O9P. The van der Waals surface area contributed by atoms with E-state index in [4.69, 9.17) is 24.0 Å². The summed E-state index contributed by atoms with van der Waals surface area (Å²) < 4.78 is 32.0. The molecule has 0 aromatic rings. The van der Waals surface area contributed by atoms with E-state index in [2.05, 4.69) is 55.7 Å².